The van der Waals surface area contributed by atoms with Gasteiger partial charge in [0.05, 0.1) is 32.0 Å². The molecular weight excluding hydrogens is 378 g/mol. The first kappa shape index (κ1) is 24.6. The van der Waals surface area contributed by atoms with Crippen LogP contribution in [0.3, 0.4) is 0 Å². The van der Waals surface area contributed by atoms with E-state index in [4.69, 9.17) is 9.73 Å². The number of aromatic nitrogens is 2. The summed E-state index contributed by atoms with van der Waals surface area (Å²) in [5, 5.41) is 11.3. The summed E-state index contributed by atoms with van der Waals surface area (Å²) in [4.78, 5) is 9.80. The van der Waals surface area contributed by atoms with Crippen molar-refractivity contribution in [3.63, 3.8) is 0 Å². The summed E-state index contributed by atoms with van der Waals surface area (Å²) in [6, 6.07) is 0.693. The van der Waals surface area contributed by atoms with Crippen LogP contribution < -0.4 is 10.6 Å². The molecule has 2 unspecified atom stereocenters. The minimum atomic E-state index is 0.233. The van der Waals surface area contributed by atoms with Gasteiger partial charge >= 0.3 is 0 Å². The van der Waals surface area contributed by atoms with Crippen LogP contribution in [0, 0.1) is 5.92 Å². The number of ether oxygens (including phenoxy) is 1. The summed E-state index contributed by atoms with van der Waals surface area (Å²) >= 11 is 0. The molecule has 0 bridgehead atoms. The van der Waals surface area contributed by atoms with Crippen molar-refractivity contribution in [1.82, 2.24) is 30.2 Å². The summed E-state index contributed by atoms with van der Waals surface area (Å²) in [5.74, 6) is 1.54. The van der Waals surface area contributed by atoms with E-state index in [1.165, 1.54) is 18.4 Å². The zero-order valence-corrected chi connectivity index (χ0v) is 19.9. The van der Waals surface area contributed by atoms with E-state index in [0.717, 1.165) is 51.9 Å². The molecule has 1 aromatic heterocycles. The minimum absolute atomic E-state index is 0.233. The molecule has 1 aliphatic heterocycles. The number of hydrogen-bond acceptors (Lipinski definition) is 5. The smallest absolute Gasteiger partial charge is 0.191 e. The lowest BCUT2D eigenvalue weighted by Gasteiger charge is -2.38. The van der Waals surface area contributed by atoms with E-state index in [-0.39, 0.29) is 6.04 Å². The largest absolute Gasteiger partial charge is 0.379 e. The van der Waals surface area contributed by atoms with E-state index in [2.05, 4.69) is 66.6 Å². The number of morpholine rings is 1. The Balaban J connectivity index is 2.07. The Morgan fingerprint density at radius 2 is 1.90 bits per heavy atom. The Hall–Kier alpha value is -1.64. The second-order valence-electron chi connectivity index (χ2n) is 8.32. The lowest BCUT2D eigenvalue weighted by atomic mass is 9.92. The van der Waals surface area contributed by atoms with Gasteiger partial charge < -0.3 is 20.3 Å². The highest BCUT2D eigenvalue weighted by molar-refractivity contribution is 5.79. The fourth-order valence-corrected chi connectivity index (χ4v) is 4.24. The van der Waals surface area contributed by atoms with E-state index in [1.54, 1.807) is 0 Å². The average molecular weight is 422 g/mol. The third-order valence-corrected chi connectivity index (χ3v) is 6.08. The Labute approximate surface area is 183 Å². The molecule has 0 aliphatic carbocycles. The molecule has 0 amide bonds. The van der Waals surface area contributed by atoms with Crippen LogP contribution in [-0.4, -0.2) is 91.6 Å². The number of aryl methyl sites for hydroxylation is 1. The zero-order valence-electron chi connectivity index (χ0n) is 19.9. The van der Waals surface area contributed by atoms with Gasteiger partial charge in [-0.15, -0.1) is 0 Å². The van der Waals surface area contributed by atoms with Gasteiger partial charge in [0.1, 0.15) is 0 Å². The number of aliphatic imine (C=N–C) groups is 1. The third-order valence-electron chi connectivity index (χ3n) is 6.08. The van der Waals surface area contributed by atoms with Crippen molar-refractivity contribution < 1.29 is 4.74 Å². The van der Waals surface area contributed by atoms with E-state index in [9.17, 15) is 0 Å². The number of guanidine groups is 1. The molecule has 0 aromatic carbocycles. The van der Waals surface area contributed by atoms with Crippen molar-refractivity contribution in [2.75, 3.05) is 60.0 Å². The number of hydrogen-bond donors (Lipinski definition) is 2. The Morgan fingerprint density at radius 1 is 1.20 bits per heavy atom. The lowest BCUT2D eigenvalue weighted by Crippen LogP contribution is -2.49. The lowest BCUT2D eigenvalue weighted by molar-refractivity contribution is 0.00395. The Morgan fingerprint density at radius 3 is 2.43 bits per heavy atom. The normalized spacial score (nSPS) is 18.1. The maximum Gasteiger partial charge on any atom is 0.191 e. The predicted octanol–water partition coefficient (Wildman–Crippen LogP) is 1.71. The quantitative estimate of drug-likeness (QED) is 0.419. The molecule has 2 heterocycles. The molecule has 30 heavy (non-hydrogen) atoms. The van der Waals surface area contributed by atoms with Crippen molar-refractivity contribution in [1.29, 1.82) is 0 Å². The van der Waals surface area contributed by atoms with Crippen LogP contribution in [0.25, 0.3) is 0 Å². The molecule has 1 fully saturated rings. The SMILES string of the molecule is CCNC(=NCC(C(CC)CC)N1CCOCC1)NCC(c1cnn(C)c1)N(C)C. The van der Waals surface area contributed by atoms with Crippen LogP contribution in [0.4, 0.5) is 0 Å². The second kappa shape index (κ2) is 12.9. The first-order chi connectivity index (χ1) is 14.5. The van der Waals surface area contributed by atoms with Crippen molar-refractivity contribution in [2.24, 2.45) is 18.0 Å². The molecular formula is C22H43N7O. The van der Waals surface area contributed by atoms with E-state index < -0.39 is 0 Å². The fourth-order valence-electron chi connectivity index (χ4n) is 4.24. The van der Waals surface area contributed by atoms with Crippen molar-refractivity contribution in [2.45, 2.75) is 45.7 Å². The van der Waals surface area contributed by atoms with Gasteiger partial charge in [-0.1, -0.05) is 26.7 Å². The summed E-state index contributed by atoms with van der Waals surface area (Å²) in [7, 11) is 6.16. The summed E-state index contributed by atoms with van der Waals surface area (Å²) in [5.41, 5.74) is 1.20. The number of likely N-dealkylation sites (N-methyl/N-ethyl adjacent to an activating group) is 1. The van der Waals surface area contributed by atoms with Gasteiger partial charge in [-0.05, 0) is 26.9 Å². The van der Waals surface area contributed by atoms with Gasteiger partial charge in [0.25, 0.3) is 0 Å². The molecule has 172 valence electrons. The van der Waals surface area contributed by atoms with Gasteiger partial charge in [0.2, 0.25) is 0 Å². The molecule has 1 aromatic rings. The van der Waals surface area contributed by atoms with Crippen molar-refractivity contribution >= 4 is 5.96 Å². The van der Waals surface area contributed by atoms with Crippen LogP contribution in [0.5, 0.6) is 0 Å². The molecule has 0 spiro atoms. The molecule has 1 aliphatic rings. The van der Waals surface area contributed by atoms with Crippen molar-refractivity contribution in [3.05, 3.63) is 18.0 Å². The minimum Gasteiger partial charge on any atom is -0.379 e. The maximum absolute atomic E-state index is 5.58. The first-order valence-corrected chi connectivity index (χ1v) is 11.5. The number of rotatable bonds is 11. The van der Waals surface area contributed by atoms with Crippen LogP contribution in [0.1, 0.15) is 45.2 Å². The van der Waals surface area contributed by atoms with Crippen molar-refractivity contribution in [3.8, 4) is 0 Å². The molecule has 8 heteroatoms. The van der Waals surface area contributed by atoms with E-state index >= 15 is 0 Å². The third kappa shape index (κ3) is 7.25. The highest BCUT2D eigenvalue weighted by Gasteiger charge is 2.27. The monoisotopic (exact) mass is 421 g/mol. The second-order valence-corrected chi connectivity index (χ2v) is 8.32. The predicted molar refractivity (Wildman–Crippen MR) is 124 cm³/mol. The van der Waals surface area contributed by atoms with Crippen LogP contribution >= 0.6 is 0 Å². The van der Waals surface area contributed by atoms with Crippen LogP contribution in [0.15, 0.2) is 17.4 Å². The maximum atomic E-state index is 5.58. The zero-order chi connectivity index (χ0) is 21.9. The molecule has 2 rings (SSSR count). The standard InChI is InChI=1S/C22H43N7O/c1-7-18(8-2)21(29-10-12-30-13-11-29)16-25-22(23-9-3)24-15-20(27(4)5)19-14-26-28(6)17-19/h14,17-18,20-21H,7-13,15-16H2,1-6H3,(H2,23,24,25). The van der Waals surface area contributed by atoms with Gasteiger partial charge in [0.15, 0.2) is 5.96 Å². The first-order valence-electron chi connectivity index (χ1n) is 11.5. The fraction of sp³-hybridized carbons (Fsp3) is 0.818. The summed E-state index contributed by atoms with van der Waals surface area (Å²) in [6.07, 6.45) is 6.39. The summed E-state index contributed by atoms with van der Waals surface area (Å²) in [6.45, 7) is 12.8. The van der Waals surface area contributed by atoms with E-state index in [0.29, 0.717) is 12.0 Å². The number of nitrogens with zero attached hydrogens (tertiary/aromatic N) is 5. The molecule has 8 nitrogen and oxygen atoms in total. The number of nitrogens with one attached hydrogen (secondary N) is 2. The highest BCUT2D eigenvalue weighted by Crippen LogP contribution is 2.20. The molecule has 2 atom stereocenters. The Bertz CT molecular complexity index is 621. The van der Waals surface area contributed by atoms with Gasteiger partial charge in [-0.3, -0.25) is 14.6 Å². The molecule has 2 N–H and O–H groups in total. The topological polar surface area (TPSA) is 70.0 Å². The van der Waals surface area contributed by atoms with E-state index in [1.807, 2.05) is 17.9 Å². The molecule has 0 radical (unpaired) electrons. The Kier molecular flexibility index (Phi) is 10.6. The van der Waals surface area contributed by atoms with Crippen LogP contribution in [0.2, 0.25) is 0 Å². The summed E-state index contributed by atoms with van der Waals surface area (Å²) < 4.78 is 7.43. The van der Waals surface area contributed by atoms with Crippen LogP contribution in [-0.2, 0) is 11.8 Å². The highest BCUT2D eigenvalue weighted by atomic mass is 16.5. The average Bonchev–Trinajstić information content (AvgIpc) is 3.17. The van der Waals surface area contributed by atoms with Gasteiger partial charge in [-0.25, -0.2) is 0 Å². The van der Waals surface area contributed by atoms with Gasteiger partial charge in [0, 0.05) is 51.0 Å². The molecule has 1 saturated heterocycles. The van der Waals surface area contributed by atoms with Gasteiger partial charge in [-0.2, -0.15) is 5.10 Å². The molecule has 0 saturated carbocycles.